The smallest absolute Gasteiger partial charge is 0.263 e. The van der Waals surface area contributed by atoms with Crippen molar-refractivity contribution in [2.75, 3.05) is 13.1 Å². The molecule has 7 heteroatoms. The summed E-state index contributed by atoms with van der Waals surface area (Å²) in [6, 6.07) is 4.35. The van der Waals surface area contributed by atoms with Crippen LogP contribution in [0.1, 0.15) is 51.3 Å². The lowest BCUT2D eigenvalue weighted by atomic mass is 9.90. The van der Waals surface area contributed by atoms with Crippen LogP contribution in [0.4, 0.5) is 13.2 Å². The highest BCUT2D eigenvalue weighted by atomic mass is 35.5. The first-order chi connectivity index (χ1) is 10.3. The Hall–Kier alpha value is -0.490. The first-order valence-corrected chi connectivity index (χ1v) is 7.87. The molecule has 140 valence electrons. The Bertz CT molecular complexity index is 515. The molecule has 1 heterocycles. The number of piperazine rings is 1. The normalized spacial score (nSPS) is 22.9. The van der Waals surface area contributed by atoms with Crippen LogP contribution in [0.15, 0.2) is 18.2 Å². The van der Waals surface area contributed by atoms with Crippen LogP contribution in [-0.4, -0.2) is 30.1 Å². The SMILES string of the molecule is CC(C)C(c1ccc(C(F)F)cc1F)N1C[C@H](C)NC[C@H]1C.Cl.Cl. The molecule has 1 aliphatic heterocycles. The lowest BCUT2D eigenvalue weighted by Gasteiger charge is -2.44. The molecule has 0 aliphatic carbocycles. The largest absolute Gasteiger partial charge is 0.311 e. The minimum atomic E-state index is -2.64. The molecule has 2 rings (SSSR count). The second-order valence-electron chi connectivity index (χ2n) is 6.63. The van der Waals surface area contributed by atoms with Crippen molar-refractivity contribution in [3.05, 3.63) is 35.1 Å². The molecule has 0 amide bonds. The summed E-state index contributed by atoms with van der Waals surface area (Å²) in [4.78, 5) is 2.28. The Morgan fingerprint density at radius 2 is 1.79 bits per heavy atom. The van der Waals surface area contributed by atoms with Crippen molar-refractivity contribution in [3.8, 4) is 0 Å². The zero-order valence-electron chi connectivity index (χ0n) is 14.4. The summed E-state index contributed by atoms with van der Waals surface area (Å²) >= 11 is 0. The molecule has 0 saturated carbocycles. The first kappa shape index (κ1) is 23.5. The van der Waals surface area contributed by atoms with E-state index in [1.807, 2.05) is 13.8 Å². The van der Waals surface area contributed by atoms with Gasteiger partial charge < -0.3 is 5.32 Å². The summed E-state index contributed by atoms with van der Waals surface area (Å²) in [5, 5.41) is 3.41. The van der Waals surface area contributed by atoms with E-state index in [-0.39, 0.29) is 48.4 Å². The van der Waals surface area contributed by atoms with E-state index < -0.39 is 12.2 Å². The van der Waals surface area contributed by atoms with Crippen molar-refractivity contribution in [2.24, 2.45) is 5.92 Å². The van der Waals surface area contributed by atoms with Gasteiger partial charge in [-0.15, -0.1) is 24.8 Å². The molecule has 0 aromatic heterocycles. The minimum absolute atomic E-state index is 0. The first-order valence-electron chi connectivity index (χ1n) is 7.87. The summed E-state index contributed by atoms with van der Waals surface area (Å²) in [6.45, 7) is 9.97. The van der Waals surface area contributed by atoms with Gasteiger partial charge in [0.2, 0.25) is 0 Å². The summed E-state index contributed by atoms with van der Waals surface area (Å²) in [5.74, 6) is -0.338. The van der Waals surface area contributed by atoms with Crippen LogP contribution in [0.3, 0.4) is 0 Å². The average molecular weight is 387 g/mol. The Morgan fingerprint density at radius 1 is 1.17 bits per heavy atom. The minimum Gasteiger partial charge on any atom is -0.311 e. The van der Waals surface area contributed by atoms with Gasteiger partial charge in [-0.2, -0.15) is 0 Å². The van der Waals surface area contributed by atoms with Gasteiger partial charge >= 0.3 is 0 Å². The summed E-state index contributed by atoms with van der Waals surface area (Å²) in [5.41, 5.74) is 0.255. The second kappa shape index (κ2) is 9.85. The third kappa shape index (κ3) is 5.25. The third-order valence-electron chi connectivity index (χ3n) is 4.40. The molecule has 1 aliphatic rings. The molecule has 1 N–H and O–H groups in total. The molecule has 1 saturated heterocycles. The number of alkyl halides is 2. The maximum Gasteiger partial charge on any atom is 0.263 e. The predicted molar refractivity (Wildman–Crippen MR) is 97.1 cm³/mol. The lowest BCUT2D eigenvalue weighted by Crippen LogP contribution is -2.56. The van der Waals surface area contributed by atoms with Gasteiger partial charge in [-0.1, -0.05) is 26.0 Å². The number of nitrogens with zero attached hydrogens (tertiary/aromatic N) is 1. The van der Waals surface area contributed by atoms with E-state index >= 15 is 0 Å². The van der Waals surface area contributed by atoms with Gasteiger partial charge in [0.1, 0.15) is 5.82 Å². The molecule has 0 bridgehead atoms. The monoisotopic (exact) mass is 386 g/mol. The van der Waals surface area contributed by atoms with E-state index in [0.717, 1.165) is 19.2 Å². The zero-order chi connectivity index (χ0) is 16.4. The molecular weight excluding hydrogens is 360 g/mol. The number of benzene rings is 1. The molecule has 1 fully saturated rings. The fraction of sp³-hybridized carbons (Fsp3) is 0.647. The van der Waals surface area contributed by atoms with Crippen molar-refractivity contribution in [1.82, 2.24) is 10.2 Å². The van der Waals surface area contributed by atoms with Gasteiger partial charge in [0.25, 0.3) is 6.43 Å². The van der Waals surface area contributed by atoms with Crippen LogP contribution in [0.25, 0.3) is 0 Å². The van der Waals surface area contributed by atoms with Crippen LogP contribution >= 0.6 is 24.8 Å². The van der Waals surface area contributed by atoms with Crippen molar-refractivity contribution >= 4 is 24.8 Å². The van der Waals surface area contributed by atoms with Crippen LogP contribution < -0.4 is 5.32 Å². The fourth-order valence-electron chi connectivity index (χ4n) is 3.28. The molecule has 1 aromatic carbocycles. The van der Waals surface area contributed by atoms with Crippen LogP contribution in [0, 0.1) is 11.7 Å². The molecule has 3 atom stereocenters. The number of hydrogen-bond donors (Lipinski definition) is 1. The van der Waals surface area contributed by atoms with E-state index in [0.29, 0.717) is 11.6 Å². The van der Waals surface area contributed by atoms with Gasteiger partial charge in [-0.05, 0) is 25.8 Å². The quantitative estimate of drug-likeness (QED) is 0.784. The van der Waals surface area contributed by atoms with E-state index in [9.17, 15) is 13.2 Å². The highest BCUT2D eigenvalue weighted by Gasteiger charge is 2.33. The fourth-order valence-corrected chi connectivity index (χ4v) is 3.28. The molecule has 0 radical (unpaired) electrons. The Labute approximate surface area is 155 Å². The lowest BCUT2D eigenvalue weighted by molar-refractivity contribution is 0.0676. The standard InChI is InChI=1S/C17H25F3N2.2ClH/c1-10(2)16(22-9-11(3)21-8-12(22)4)14-6-5-13(17(19)20)7-15(14)18;;/h5-7,10-12,16-17,21H,8-9H2,1-4H3;2*1H/t11-,12+,16?;;/m0../s1. The highest BCUT2D eigenvalue weighted by molar-refractivity contribution is 5.85. The van der Waals surface area contributed by atoms with Crippen molar-refractivity contribution in [1.29, 1.82) is 0 Å². The van der Waals surface area contributed by atoms with Gasteiger partial charge in [-0.25, -0.2) is 13.2 Å². The molecule has 1 aromatic rings. The topological polar surface area (TPSA) is 15.3 Å². The van der Waals surface area contributed by atoms with Crippen molar-refractivity contribution in [3.63, 3.8) is 0 Å². The summed E-state index contributed by atoms with van der Waals surface area (Å²) in [6.07, 6.45) is -2.64. The highest BCUT2D eigenvalue weighted by Crippen LogP contribution is 2.34. The summed E-state index contributed by atoms with van der Waals surface area (Å²) in [7, 11) is 0. The maximum absolute atomic E-state index is 14.4. The van der Waals surface area contributed by atoms with Gasteiger partial charge in [0.05, 0.1) is 0 Å². The van der Waals surface area contributed by atoms with Crippen molar-refractivity contribution < 1.29 is 13.2 Å². The van der Waals surface area contributed by atoms with E-state index in [1.54, 1.807) is 0 Å². The summed E-state index contributed by atoms with van der Waals surface area (Å²) < 4.78 is 39.9. The third-order valence-corrected chi connectivity index (χ3v) is 4.40. The van der Waals surface area contributed by atoms with Crippen molar-refractivity contribution in [2.45, 2.75) is 52.2 Å². The number of halogens is 5. The van der Waals surface area contributed by atoms with E-state index in [1.165, 1.54) is 12.1 Å². The maximum atomic E-state index is 14.4. The number of hydrogen-bond acceptors (Lipinski definition) is 2. The second-order valence-corrected chi connectivity index (χ2v) is 6.63. The number of rotatable bonds is 4. The Balaban J connectivity index is 0.00000264. The van der Waals surface area contributed by atoms with Gasteiger partial charge in [-0.3, -0.25) is 4.90 Å². The van der Waals surface area contributed by atoms with Crippen LogP contribution in [0.2, 0.25) is 0 Å². The van der Waals surface area contributed by atoms with Gasteiger partial charge in [0.15, 0.2) is 0 Å². The molecule has 1 unspecified atom stereocenters. The van der Waals surface area contributed by atoms with Crippen LogP contribution in [-0.2, 0) is 0 Å². The molecular formula is C17H27Cl2F3N2. The molecule has 24 heavy (non-hydrogen) atoms. The van der Waals surface area contributed by atoms with Gasteiger partial charge in [0, 0.05) is 42.3 Å². The molecule has 0 spiro atoms. The van der Waals surface area contributed by atoms with Crippen LogP contribution in [0.5, 0.6) is 0 Å². The zero-order valence-corrected chi connectivity index (χ0v) is 16.1. The van der Waals surface area contributed by atoms with E-state index in [4.69, 9.17) is 0 Å². The van der Waals surface area contributed by atoms with E-state index in [2.05, 4.69) is 24.1 Å². The average Bonchev–Trinajstić information content (AvgIpc) is 2.44. The predicted octanol–water partition coefficient (Wildman–Crippen LogP) is 4.99. The Morgan fingerprint density at radius 3 is 2.29 bits per heavy atom. The Kier molecular flexibility index (Phi) is 9.65. The molecule has 2 nitrogen and oxygen atoms in total. The number of nitrogens with one attached hydrogen (secondary N) is 1.